The minimum atomic E-state index is -0.717. The second-order valence-corrected chi connectivity index (χ2v) is 6.43. The average molecular weight is 400 g/mol. The number of ether oxygens (including phenoxy) is 2. The van der Waals surface area contributed by atoms with Crippen molar-refractivity contribution in [3.63, 3.8) is 0 Å². The number of amides is 1. The van der Waals surface area contributed by atoms with Gasteiger partial charge in [-0.15, -0.1) is 0 Å². The fourth-order valence-electron chi connectivity index (χ4n) is 2.79. The molecule has 3 aromatic rings. The maximum atomic E-state index is 12.7. The highest BCUT2D eigenvalue weighted by Gasteiger charge is 2.18. The van der Waals surface area contributed by atoms with Crippen LogP contribution in [0.2, 0.25) is 5.02 Å². The summed E-state index contributed by atoms with van der Waals surface area (Å²) in [5, 5.41) is 2.90. The van der Waals surface area contributed by atoms with Crippen molar-refractivity contribution in [2.75, 3.05) is 12.1 Å². The molecule has 2 N–H and O–H groups in total. The smallest absolute Gasteiger partial charge is 0.328 e. The normalized spacial score (nSPS) is 12.0. The fourth-order valence-corrected chi connectivity index (χ4v) is 2.97. The van der Waals surface area contributed by atoms with Gasteiger partial charge in [0, 0.05) is 6.20 Å². The first-order valence-corrected chi connectivity index (χ1v) is 8.67. The monoisotopic (exact) mass is 399 g/mol. The van der Waals surface area contributed by atoms with Crippen molar-refractivity contribution in [2.45, 2.75) is 6.54 Å². The van der Waals surface area contributed by atoms with Gasteiger partial charge in [0.2, 0.25) is 6.79 Å². The maximum Gasteiger partial charge on any atom is 0.328 e. The molecule has 0 saturated carbocycles. The summed E-state index contributed by atoms with van der Waals surface area (Å²) in [7, 11) is 0. The molecule has 2 aromatic carbocycles. The number of hydrogen-bond acceptors (Lipinski definition) is 5. The predicted molar refractivity (Wildman–Crippen MR) is 102 cm³/mol. The highest BCUT2D eigenvalue weighted by Crippen LogP contribution is 2.32. The predicted octanol–water partition coefficient (Wildman–Crippen LogP) is 2.22. The fraction of sp³-hybridized carbons (Fsp3) is 0.105. The quantitative estimate of drug-likeness (QED) is 0.700. The van der Waals surface area contributed by atoms with Gasteiger partial charge >= 0.3 is 5.69 Å². The van der Waals surface area contributed by atoms with Crippen LogP contribution in [0.15, 0.2) is 58.3 Å². The molecule has 0 saturated heterocycles. The SMILES string of the molecule is O=C(Nc1ccccc1Cl)c1c[nH]c(=O)n(Cc2ccc3c(c2)OCO3)c1=O. The average Bonchev–Trinajstić information content (AvgIpc) is 3.14. The number of fused-ring (bicyclic) bond motifs is 1. The van der Waals surface area contributed by atoms with Gasteiger partial charge < -0.3 is 19.8 Å². The molecule has 0 unspecified atom stereocenters. The third-order valence-corrected chi connectivity index (χ3v) is 4.53. The number of aromatic nitrogens is 2. The van der Waals surface area contributed by atoms with Gasteiger partial charge in [0.15, 0.2) is 11.5 Å². The van der Waals surface area contributed by atoms with Crippen LogP contribution in [0.5, 0.6) is 11.5 Å². The Morgan fingerprint density at radius 3 is 2.75 bits per heavy atom. The standard InChI is InChI=1S/C19H14ClN3O5/c20-13-3-1-2-4-14(13)22-17(24)12-8-21-19(26)23(18(12)25)9-11-5-6-15-16(7-11)28-10-27-15/h1-8H,9-10H2,(H,21,26)(H,22,24). The van der Waals surface area contributed by atoms with E-state index >= 15 is 0 Å². The zero-order chi connectivity index (χ0) is 19.7. The topological polar surface area (TPSA) is 102 Å². The molecule has 1 aromatic heterocycles. The first-order chi connectivity index (χ1) is 13.5. The molecule has 4 rings (SSSR count). The third kappa shape index (κ3) is 3.37. The maximum absolute atomic E-state index is 12.7. The number of hydrogen-bond donors (Lipinski definition) is 2. The van der Waals surface area contributed by atoms with Crippen molar-refractivity contribution in [3.8, 4) is 11.5 Å². The minimum absolute atomic E-state index is 0.0297. The van der Waals surface area contributed by atoms with Crippen LogP contribution < -0.4 is 26.0 Å². The van der Waals surface area contributed by atoms with Crippen LogP contribution in [0.3, 0.4) is 0 Å². The van der Waals surface area contributed by atoms with Gasteiger partial charge in [-0.25, -0.2) is 4.79 Å². The second kappa shape index (κ2) is 7.24. The molecule has 142 valence electrons. The summed E-state index contributed by atoms with van der Waals surface area (Å²) in [6.07, 6.45) is 1.09. The molecule has 0 bridgehead atoms. The lowest BCUT2D eigenvalue weighted by Crippen LogP contribution is -2.39. The lowest BCUT2D eigenvalue weighted by atomic mass is 10.2. The molecule has 1 aliphatic heterocycles. The van der Waals surface area contributed by atoms with Crippen molar-refractivity contribution >= 4 is 23.2 Å². The van der Waals surface area contributed by atoms with Crippen molar-refractivity contribution in [1.82, 2.24) is 9.55 Å². The van der Waals surface area contributed by atoms with Crippen LogP contribution >= 0.6 is 11.6 Å². The van der Waals surface area contributed by atoms with E-state index in [1.165, 1.54) is 0 Å². The second-order valence-electron chi connectivity index (χ2n) is 6.02. The van der Waals surface area contributed by atoms with E-state index in [0.717, 1.165) is 10.8 Å². The summed E-state index contributed by atoms with van der Waals surface area (Å²) in [4.78, 5) is 39.8. The van der Waals surface area contributed by atoms with Gasteiger partial charge in [0.05, 0.1) is 17.3 Å². The first kappa shape index (κ1) is 17.9. The van der Waals surface area contributed by atoms with Gasteiger partial charge in [0.1, 0.15) is 5.56 Å². The molecule has 1 aliphatic rings. The summed E-state index contributed by atoms with van der Waals surface area (Å²) in [6.45, 7) is 0.0923. The van der Waals surface area contributed by atoms with Crippen LogP contribution in [0.1, 0.15) is 15.9 Å². The Balaban J connectivity index is 1.64. The molecule has 28 heavy (non-hydrogen) atoms. The molecule has 9 heteroatoms. The number of rotatable bonds is 4. The van der Waals surface area contributed by atoms with Gasteiger partial charge in [-0.2, -0.15) is 0 Å². The number of nitrogens with zero attached hydrogens (tertiary/aromatic N) is 1. The Labute approximate surface area is 163 Å². The van der Waals surface area contributed by atoms with Crippen molar-refractivity contribution < 1.29 is 14.3 Å². The van der Waals surface area contributed by atoms with E-state index in [2.05, 4.69) is 10.3 Å². The highest BCUT2D eigenvalue weighted by atomic mass is 35.5. The molecule has 0 spiro atoms. The van der Waals surface area contributed by atoms with Crippen molar-refractivity contribution in [2.24, 2.45) is 0 Å². The molecule has 0 fully saturated rings. The molecule has 8 nitrogen and oxygen atoms in total. The highest BCUT2D eigenvalue weighted by molar-refractivity contribution is 6.33. The molecule has 0 atom stereocenters. The lowest BCUT2D eigenvalue weighted by Gasteiger charge is -2.09. The van der Waals surface area contributed by atoms with E-state index < -0.39 is 17.2 Å². The Morgan fingerprint density at radius 1 is 1.14 bits per heavy atom. The van der Waals surface area contributed by atoms with Crippen LogP contribution in [0, 0.1) is 0 Å². The van der Waals surface area contributed by atoms with E-state index in [-0.39, 0.29) is 18.9 Å². The van der Waals surface area contributed by atoms with Gasteiger partial charge in [-0.3, -0.25) is 14.2 Å². The number of benzene rings is 2. The molecule has 2 heterocycles. The molecule has 1 amide bonds. The van der Waals surface area contributed by atoms with E-state index in [1.807, 2.05) is 0 Å². The number of aromatic amines is 1. The number of nitrogens with one attached hydrogen (secondary N) is 2. The number of carbonyl (C=O) groups is 1. The number of H-pyrrole nitrogens is 1. The van der Waals surface area contributed by atoms with E-state index in [0.29, 0.717) is 27.8 Å². The summed E-state index contributed by atoms with van der Waals surface area (Å²) < 4.78 is 11.5. The zero-order valence-corrected chi connectivity index (χ0v) is 15.2. The molecule has 0 aliphatic carbocycles. The summed E-state index contributed by atoms with van der Waals surface area (Å²) >= 11 is 6.03. The Hall–Kier alpha value is -3.52. The van der Waals surface area contributed by atoms with E-state index in [9.17, 15) is 14.4 Å². The Bertz CT molecular complexity index is 1180. The number of anilines is 1. The van der Waals surface area contributed by atoms with Gasteiger partial charge in [0.25, 0.3) is 11.5 Å². The summed E-state index contributed by atoms with van der Waals surface area (Å²) in [5.41, 5.74) is -0.536. The summed E-state index contributed by atoms with van der Waals surface area (Å²) in [6, 6.07) is 11.7. The minimum Gasteiger partial charge on any atom is -0.454 e. The largest absolute Gasteiger partial charge is 0.454 e. The Kier molecular flexibility index (Phi) is 4.62. The van der Waals surface area contributed by atoms with Gasteiger partial charge in [-0.05, 0) is 29.8 Å². The number of para-hydroxylation sites is 1. The lowest BCUT2D eigenvalue weighted by molar-refractivity contribution is 0.102. The molecular weight excluding hydrogens is 386 g/mol. The first-order valence-electron chi connectivity index (χ1n) is 8.30. The third-order valence-electron chi connectivity index (χ3n) is 4.21. The Morgan fingerprint density at radius 2 is 1.93 bits per heavy atom. The van der Waals surface area contributed by atoms with Crippen LogP contribution in [0.4, 0.5) is 5.69 Å². The molecular formula is C19H14ClN3O5. The number of halogens is 1. The number of carbonyl (C=O) groups excluding carboxylic acids is 1. The van der Waals surface area contributed by atoms with Crippen LogP contribution in [0.25, 0.3) is 0 Å². The summed E-state index contributed by atoms with van der Waals surface area (Å²) in [5.74, 6) is 0.459. The van der Waals surface area contributed by atoms with Crippen LogP contribution in [-0.4, -0.2) is 22.3 Å². The molecule has 0 radical (unpaired) electrons. The zero-order valence-electron chi connectivity index (χ0n) is 14.4. The van der Waals surface area contributed by atoms with Crippen molar-refractivity contribution in [1.29, 1.82) is 0 Å². The van der Waals surface area contributed by atoms with Gasteiger partial charge in [-0.1, -0.05) is 29.8 Å². The van der Waals surface area contributed by atoms with Crippen LogP contribution in [-0.2, 0) is 6.54 Å². The van der Waals surface area contributed by atoms with E-state index in [1.54, 1.807) is 42.5 Å². The van der Waals surface area contributed by atoms with E-state index in [4.69, 9.17) is 21.1 Å². The van der Waals surface area contributed by atoms with Crippen molar-refractivity contribution in [3.05, 3.63) is 85.6 Å².